The van der Waals surface area contributed by atoms with Gasteiger partial charge in [-0.15, -0.1) is 0 Å². The Balaban J connectivity index is 1.78. The highest BCUT2D eigenvalue weighted by atomic mass is 35.5. The lowest BCUT2D eigenvalue weighted by atomic mass is 9.95. The third kappa shape index (κ3) is 3.94. The molecule has 1 unspecified atom stereocenters. The van der Waals surface area contributed by atoms with Gasteiger partial charge in [-0.3, -0.25) is 4.90 Å². The summed E-state index contributed by atoms with van der Waals surface area (Å²) < 4.78 is 10.8. The van der Waals surface area contributed by atoms with Crippen LogP contribution < -0.4 is 5.32 Å². The lowest BCUT2D eigenvalue weighted by molar-refractivity contribution is 0.158. The fourth-order valence-corrected chi connectivity index (χ4v) is 3.58. The second kappa shape index (κ2) is 8.69. The summed E-state index contributed by atoms with van der Waals surface area (Å²) in [6, 6.07) is 16.3. The third-order valence-electron chi connectivity index (χ3n) is 5.01. The van der Waals surface area contributed by atoms with Gasteiger partial charge in [-0.05, 0) is 36.8 Å². The zero-order valence-corrected chi connectivity index (χ0v) is 17.4. The first-order valence-corrected chi connectivity index (χ1v) is 9.89. The van der Waals surface area contributed by atoms with Gasteiger partial charge in [-0.25, -0.2) is 4.79 Å². The smallest absolute Gasteiger partial charge is 0.322 e. The van der Waals surface area contributed by atoms with Crippen molar-refractivity contribution in [1.29, 1.82) is 0 Å². The van der Waals surface area contributed by atoms with Crippen LogP contribution in [-0.2, 0) is 4.74 Å². The van der Waals surface area contributed by atoms with Crippen molar-refractivity contribution >= 4 is 23.2 Å². The van der Waals surface area contributed by atoms with Crippen LogP contribution in [0.15, 0.2) is 64.8 Å². The number of allylic oxidation sites excluding steroid dienone is 1. The third-order valence-corrected chi connectivity index (χ3v) is 5.26. The predicted molar refractivity (Wildman–Crippen MR) is 114 cm³/mol. The zero-order chi connectivity index (χ0) is 21.1. The molecule has 0 aliphatic carbocycles. The van der Waals surface area contributed by atoms with E-state index in [1.807, 2.05) is 49.4 Å². The molecular weight excluding hydrogens is 404 g/mol. The van der Waals surface area contributed by atoms with Gasteiger partial charge < -0.3 is 14.6 Å². The number of nitrogens with one attached hydrogen (secondary N) is 1. The normalized spacial score (nSPS) is 16.7. The van der Waals surface area contributed by atoms with E-state index in [1.54, 1.807) is 24.1 Å². The van der Waals surface area contributed by atoms with E-state index in [2.05, 4.69) is 15.5 Å². The second-order valence-corrected chi connectivity index (χ2v) is 7.30. The molecule has 30 heavy (non-hydrogen) atoms. The quantitative estimate of drug-likeness (QED) is 0.628. The zero-order valence-electron chi connectivity index (χ0n) is 16.6. The monoisotopic (exact) mass is 424 g/mol. The lowest BCUT2D eigenvalue weighted by Gasteiger charge is -2.35. The van der Waals surface area contributed by atoms with Crippen LogP contribution in [0.3, 0.4) is 0 Å². The van der Waals surface area contributed by atoms with Crippen LogP contribution >= 0.6 is 11.6 Å². The van der Waals surface area contributed by atoms with Gasteiger partial charge in [-0.1, -0.05) is 47.1 Å². The number of urea groups is 1. The molecule has 8 heteroatoms. The minimum atomic E-state index is -0.406. The first-order chi connectivity index (χ1) is 14.6. The molecule has 4 rings (SSSR count). The Morgan fingerprint density at radius 2 is 1.90 bits per heavy atom. The molecule has 2 aromatic carbocycles. The average molecular weight is 425 g/mol. The number of nitrogens with zero attached hydrogens (tertiary/aromatic N) is 3. The van der Waals surface area contributed by atoms with E-state index in [-0.39, 0.29) is 6.03 Å². The molecule has 0 saturated carbocycles. The number of halogens is 1. The highest BCUT2D eigenvalue weighted by molar-refractivity contribution is 6.30. The Labute approximate surface area is 179 Å². The van der Waals surface area contributed by atoms with Crippen molar-refractivity contribution < 1.29 is 14.1 Å². The minimum Gasteiger partial charge on any atom is -0.383 e. The number of hydrogen-bond donors (Lipinski definition) is 1. The first-order valence-electron chi connectivity index (χ1n) is 9.51. The Morgan fingerprint density at radius 1 is 1.17 bits per heavy atom. The van der Waals surface area contributed by atoms with Gasteiger partial charge in [0.15, 0.2) is 0 Å². The molecule has 7 nitrogen and oxygen atoms in total. The SMILES string of the molecule is COCCN1C(=O)NC(c2ccccc2)C(c2nc(-c3ccc(Cl)cc3)no2)=C1C. The van der Waals surface area contributed by atoms with Crippen LogP contribution in [0.2, 0.25) is 5.02 Å². The van der Waals surface area contributed by atoms with E-state index in [4.69, 9.17) is 20.9 Å². The molecule has 1 aliphatic heterocycles. The number of rotatable bonds is 6. The number of aromatic nitrogens is 2. The topological polar surface area (TPSA) is 80.5 Å². The van der Waals surface area contributed by atoms with Gasteiger partial charge in [0, 0.05) is 23.4 Å². The van der Waals surface area contributed by atoms with Crippen LogP contribution in [-0.4, -0.2) is 41.3 Å². The van der Waals surface area contributed by atoms with Crippen LogP contribution in [0.1, 0.15) is 24.4 Å². The molecule has 154 valence electrons. The number of ether oxygens (including phenoxy) is 1. The number of carbonyl (C=O) groups is 1. The van der Waals surface area contributed by atoms with Crippen molar-refractivity contribution in [3.63, 3.8) is 0 Å². The van der Waals surface area contributed by atoms with E-state index >= 15 is 0 Å². The number of benzene rings is 2. The fourth-order valence-electron chi connectivity index (χ4n) is 3.45. The summed E-state index contributed by atoms with van der Waals surface area (Å²) in [6.07, 6.45) is 0. The van der Waals surface area contributed by atoms with E-state index in [1.165, 1.54) is 0 Å². The number of hydrogen-bond acceptors (Lipinski definition) is 5. The number of amides is 2. The van der Waals surface area contributed by atoms with Gasteiger partial charge >= 0.3 is 6.03 Å². The van der Waals surface area contributed by atoms with Crippen molar-refractivity contribution in [2.24, 2.45) is 0 Å². The largest absolute Gasteiger partial charge is 0.383 e. The highest BCUT2D eigenvalue weighted by Crippen LogP contribution is 2.37. The van der Waals surface area contributed by atoms with Crippen molar-refractivity contribution in [1.82, 2.24) is 20.4 Å². The summed E-state index contributed by atoms with van der Waals surface area (Å²) in [5.74, 6) is 0.808. The molecule has 0 fully saturated rings. The second-order valence-electron chi connectivity index (χ2n) is 6.87. The molecular formula is C22H21ClN4O3. The molecule has 0 bridgehead atoms. The summed E-state index contributed by atoms with van der Waals surface area (Å²) in [6.45, 7) is 2.71. The maximum Gasteiger partial charge on any atom is 0.322 e. The summed E-state index contributed by atoms with van der Waals surface area (Å²) in [5, 5.41) is 7.83. The number of carbonyl (C=O) groups excluding carboxylic acids is 1. The van der Waals surface area contributed by atoms with E-state index in [0.717, 1.165) is 22.4 Å². The van der Waals surface area contributed by atoms with Gasteiger partial charge in [0.1, 0.15) is 0 Å². The molecule has 3 aromatic rings. The molecule has 1 aliphatic rings. The molecule has 0 saturated heterocycles. The van der Waals surface area contributed by atoms with Gasteiger partial charge in [0.25, 0.3) is 5.89 Å². The Bertz CT molecular complexity index is 1060. The van der Waals surface area contributed by atoms with Gasteiger partial charge in [0.2, 0.25) is 5.82 Å². The fraction of sp³-hybridized carbons (Fsp3) is 0.227. The van der Waals surface area contributed by atoms with Crippen LogP contribution in [0, 0.1) is 0 Å². The highest BCUT2D eigenvalue weighted by Gasteiger charge is 2.35. The summed E-state index contributed by atoms with van der Waals surface area (Å²) >= 11 is 5.98. The van der Waals surface area contributed by atoms with E-state index < -0.39 is 6.04 Å². The van der Waals surface area contributed by atoms with Crippen LogP contribution in [0.25, 0.3) is 17.0 Å². The summed E-state index contributed by atoms with van der Waals surface area (Å²) in [7, 11) is 1.60. The minimum absolute atomic E-state index is 0.195. The molecule has 1 aromatic heterocycles. The van der Waals surface area contributed by atoms with Crippen LogP contribution in [0.5, 0.6) is 0 Å². The molecule has 1 atom stereocenters. The first kappa shape index (κ1) is 20.1. The van der Waals surface area contributed by atoms with Crippen molar-refractivity contribution in [3.8, 4) is 11.4 Å². The molecule has 2 heterocycles. The Morgan fingerprint density at radius 3 is 2.60 bits per heavy atom. The summed E-state index contributed by atoms with van der Waals surface area (Å²) in [4.78, 5) is 19.0. The van der Waals surface area contributed by atoms with Gasteiger partial charge in [0.05, 0.1) is 24.8 Å². The molecule has 0 radical (unpaired) electrons. The maximum absolute atomic E-state index is 12.8. The van der Waals surface area contributed by atoms with Crippen molar-refractivity contribution in [2.75, 3.05) is 20.3 Å². The lowest BCUT2D eigenvalue weighted by Crippen LogP contribution is -2.47. The average Bonchev–Trinajstić information content (AvgIpc) is 3.24. The maximum atomic E-state index is 12.8. The molecule has 1 N–H and O–H groups in total. The van der Waals surface area contributed by atoms with Gasteiger partial charge in [-0.2, -0.15) is 4.98 Å². The summed E-state index contributed by atoms with van der Waals surface area (Å²) in [5.41, 5.74) is 3.22. The van der Waals surface area contributed by atoms with Crippen LogP contribution in [0.4, 0.5) is 4.79 Å². The van der Waals surface area contributed by atoms with E-state index in [9.17, 15) is 4.79 Å². The molecule has 0 spiro atoms. The van der Waals surface area contributed by atoms with Crippen molar-refractivity contribution in [2.45, 2.75) is 13.0 Å². The Hall–Kier alpha value is -3.16. The number of methoxy groups -OCH3 is 1. The standard InChI is InChI=1S/C22H21ClN4O3/c1-14-18(21-25-20(26-30-21)16-8-10-17(23)11-9-16)19(15-6-4-3-5-7-15)24-22(28)27(14)12-13-29-2/h3-11,19H,12-13H2,1-2H3,(H,24,28). The Kier molecular flexibility index (Phi) is 5.83. The molecule has 2 amide bonds. The van der Waals surface area contributed by atoms with Crippen molar-refractivity contribution in [3.05, 3.63) is 76.8 Å². The van der Waals surface area contributed by atoms with E-state index in [0.29, 0.717) is 29.9 Å². The predicted octanol–water partition coefficient (Wildman–Crippen LogP) is 4.53.